The number of nitrogens with one attached hydrogen (secondary N) is 1. The summed E-state index contributed by atoms with van der Waals surface area (Å²) in [6.45, 7) is 6.91. The zero-order chi connectivity index (χ0) is 15.5. The van der Waals surface area contributed by atoms with Crippen LogP contribution in [0.5, 0.6) is 0 Å². The third-order valence-electron chi connectivity index (χ3n) is 3.98. The van der Waals surface area contributed by atoms with Crippen LogP contribution in [0, 0.1) is 0 Å². The van der Waals surface area contributed by atoms with Crippen molar-refractivity contribution < 1.29 is 9.28 Å². The summed E-state index contributed by atoms with van der Waals surface area (Å²) in [5, 5.41) is 3.90. The van der Waals surface area contributed by atoms with Crippen molar-refractivity contribution in [1.29, 1.82) is 0 Å². The smallest absolute Gasteiger partial charge is 0.322 e. The molecule has 1 N–H and O–H groups in total. The number of quaternary nitrogens is 1. The first-order chi connectivity index (χ1) is 9.92. The largest absolute Gasteiger partial charge is 0.323 e. The molecule has 0 spiro atoms. The first-order valence-electron chi connectivity index (χ1n) is 7.27. The fraction of sp³-hybridized carbons (Fsp3) is 0.533. The number of urea groups is 1. The van der Waals surface area contributed by atoms with Crippen LogP contribution in [0.1, 0.15) is 13.3 Å². The molecular formula is C15H22Cl2N3O+. The Balaban J connectivity index is 1.93. The summed E-state index contributed by atoms with van der Waals surface area (Å²) in [5.41, 5.74) is 0.633. The number of rotatable bonds is 3. The number of hydrogen-bond acceptors (Lipinski definition) is 1. The van der Waals surface area contributed by atoms with Crippen LogP contribution in [-0.2, 0) is 0 Å². The maximum absolute atomic E-state index is 12.3. The third-order valence-corrected chi connectivity index (χ3v) is 4.42. The molecule has 0 aromatic heterocycles. The van der Waals surface area contributed by atoms with E-state index in [1.54, 1.807) is 18.2 Å². The second kappa shape index (κ2) is 6.86. The molecule has 0 saturated carbocycles. The van der Waals surface area contributed by atoms with Crippen LogP contribution in [0.25, 0.3) is 0 Å². The van der Waals surface area contributed by atoms with Gasteiger partial charge in [0.2, 0.25) is 0 Å². The van der Waals surface area contributed by atoms with E-state index in [2.05, 4.69) is 19.3 Å². The summed E-state index contributed by atoms with van der Waals surface area (Å²) in [4.78, 5) is 14.1. The van der Waals surface area contributed by atoms with Gasteiger partial charge in [0.15, 0.2) is 0 Å². The number of carbonyl (C=O) groups excluding carboxylic acids is 1. The zero-order valence-electron chi connectivity index (χ0n) is 12.5. The Bertz CT molecular complexity index is 493. The average molecular weight is 331 g/mol. The van der Waals surface area contributed by atoms with Crippen molar-refractivity contribution in [2.75, 3.05) is 45.1 Å². The van der Waals surface area contributed by atoms with E-state index in [0.717, 1.165) is 30.7 Å². The second-order valence-corrected chi connectivity index (χ2v) is 6.74. The lowest BCUT2D eigenvalue weighted by atomic mass is 10.2. The molecule has 0 radical (unpaired) electrons. The number of anilines is 1. The lowest BCUT2D eigenvalue weighted by molar-refractivity contribution is -0.913. The first kappa shape index (κ1) is 16.4. The minimum absolute atomic E-state index is 0.0870. The van der Waals surface area contributed by atoms with Crippen LogP contribution in [-0.4, -0.2) is 55.2 Å². The van der Waals surface area contributed by atoms with E-state index in [-0.39, 0.29) is 6.03 Å². The monoisotopic (exact) mass is 330 g/mol. The van der Waals surface area contributed by atoms with Gasteiger partial charge in [-0.05, 0) is 24.6 Å². The van der Waals surface area contributed by atoms with Gasteiger partial charge in [-0.25, -0.2) is 4.79 Å². The molecule has 21 heavy (non-hydrogen) atoms. The van der Waals surface area contributed by atoms with Crippen molar-refractivity contribution in [2.45, 2.75) is 13.3 Å². The van der Waals surface area contributed by atoms with Crippen LogP contribution in [0.4, 0.5) is 10.5 Å². The van der Waals surface area contributed by atoms with Crippen molar-refractivity contribution in [3.05, 3.63) is 28.2 Å². The summed E-state index contributed by atoms with van der Waals surface area (Å²) >= 11 is 11.9. The molecule has 0 bridgehead atoms. The minimum atomic E-state index is -0.0870. The lowest BCUT2D eigenvalue weighted by Gasteiger charge is -2.41. The fourth-order valence-corrected chi connectivity index (χ4v) is 3.27. The first-order valence-corrected chi connectivity index (χ1v) is 8.03. The molecule has 1 aliphatic rings. The maximum Gasteiger partial charge on any atom is 0.322 e. The topological polar surface area (TPSA) is 32.3 Å². The number of hydrogen-bond donors (Lipinski definition) is 1. The summed E-state index contributed by atoms with van der Waals surface area (Å²) in [6, 6.07) is 4.96. The van der Waals surface area contributed by atoms with E-state index < -0.39 is 0 Å². The van der Waals surface area contributed by atoms with Crippen LogP contribution in [0.3, 0.4) is 0 Å². The highest BCUT2D eigenvalue weighted by Crippen LogP contribution is 2.23. The standard InChI is InChI=1S/C15H21Cl2N3O/c1-3-6-20(2)7-4-19(5-8-20)15(21)18-14-10-12(16)9-13(17)11-14/h9-11H,3-8H2,1-2H3/p+1. The highest BCUT2D eigenvalue weighted by Gasteiger charge is 2.30. The van der Waals surface area contributed by atoms with Crippen molar-refractivity contribution in [3.63, 3.8) is 0 Å². The molecule has 2 amide bonds. The van der Waals surface area contributed by atoms with E-state index >= 15 is 0 Å². The second-order valence-electron chi connectivity index (χ2n) is 5.87. The summed E-state index contributed by atoms with van der Waals surface area (Å²) in [7, 11) is 2.26. The Kier molecular flexibility index (Phi) is 5.36. The van der Waals surface area contributed by atoms with Gasteiger partial charge in [0, 0.05) is 15.7 Å². The molecule has 1 saturated heterocycles. The molecule has 1 aliphatic heterocycles. The van der Waals surface area contributed by atoms with Gasteiger partial charge in [0.25, 0.3) is 0 Å². The zero-order valence-corrected chi connectivity index (χ0v) is 14.0. The quantitative estimate of drug-likeness (QED) is 0.842. The van der Waals surface area contributed by atoms with Crippen LogP contribution in [0.15, 0.2) is 18.2 Å². The molecule has 0 unspecified atom stereocenters. The molecular weight excluding hydrogens is 309 g/mol. The normalized spacial score (nSPS) is 17.6. The summed E-state index contributed by atoms with van der Waals surface area (Å²) < 4.78 is 1.04. The van der Waals surface area contributed by atoms with E-state index in [9.17, 15) is 4.79 Å². The Morgan fingerprint density at radius 3 is 2.33 bits per heavy atom. The number of nitrogens with zero attached hydrogens (tertiary/aromatic N) is 2. The molecule has 4 nitrogen and oxygen atoms in total. The molecule has 1 aromatic rings. The van der Waals surface area contributed by atoms with E-state index in [0.29, 0.717) is 15.7 Å². The Morgan fingerprint density at radius 1 is 1.24 bits per heavy atom. The van der Waals surface area contributed by atoms with Gasteiger partial charge in [0.1, 0.15) is 0 Å². The molecule has 6 heteroatoms. The highest BCUT2D eigenvalue weighted by atomic mass is 35.5. The lowest BCUT2D eigenvalue weighted by Crippen LogP contribution is -2.59. The van der Waals surface area contributed by atoms with Gasteiger partial charge in [0.05, 0.1) is 39.8 Å². The average Bonchev–Trinajstić information content (AvgIpc) is 2.38. The van der Waals surface area contributed by atoms with Gasteiger partial charge in [-0.1, -0.05) is 30.1 Å². The van der Waals surface area contributed by atoms with Gasteiger partial charge in [-0.3, -0.25) is 0 Å². The summed E-state index contributed by atoms with van der Waals surface area (Å²) in [6.07, 6.45) is 1.17. The van der Waals surface area contributed by atoms with Crippen molar-refractivity contribution in [3.8, 4) is 0 Å². The molecule has 1 fully saturated rings. The molecule has 116 valence electrons. The number of carbonyl (C=O) groups is 1. The Morgan fingerprint density at radius 2 is 1.81 bits per heavy atom. The Labute approximate surface area is 136 Å². The van der Waals surface area contributed by atoms with Crippen LogP contribution in [0.2, 0.25) is 10.0 Å². The number of benzene rings is 1. The minimum Gasteiger partial charge on any atom is -0.323 e. The predicted octanol–water partition coefficient (Wildman–Crippen LogP) is 3.70. The molecule has 1 heterocycles. The van der Waals surface area contributed by atoms with Crippen molar-refractivity contribution in [2.24, 2.45) is 0 Å². The molecule has 2 rings (SSSR count). The predicted molar refractivity (Wildman–Crippen MR) is 88.1 cm³/mol. The van der Waals surface area contributed by atoms with Gasteiger partial charge < -0.3 is 14.7 Å². The van der Waals surface area contributed by atoms with Gasteiger partial charge in [-0.2, -0.15) is 0 Å². The van der Waals surface area contributed by atoms with Crippen molar-refractivity contribution >= 4 is 34.9 Å². The maximum atomic E-state index is 12.3. The number of halogens is 2. The SMILES string of the molecule is CCC[N+]1(C)CCN(C(=O)Nc2cc(Cl)cc(Cl)c2)CC1. The van der Waals surface area contributed by atoms with Crippen molar-refractivity contribution in [1.82, 2.24) is 4.90 Å². The summed E-state index contributed by atoms with van der Waals surface area (Å²) in [5.74, 6) is 0. The van der Waals surface area contributed by atoms with E-state index in [1.165, 1.54) is 13.0 Å². The molecule has 0 atom stereocenters. The number of amides is 2. The van der Waals surface area contributed by atoms with Crippen LogP contribution < -0.4 is 5.32 Å². The highest BCUT2D eigenvalue weighted by molar-refractivity contribution is 6.35. The van der Waals surface area contributed by atoms with Gasteiger partial charge in [-0.15, -0.1) is 0 Å². The molecule has 0 aliphatic carbocycles. The Hall–Kier alpha value is -0.970. The third kappa shape index (κ3) is 4.50. The van der Waals surface area contributed by atoms with E-state index in [4.69, 9.17) is 23.2 Å². The molecule has 1 aromatic carbocycles. The van der Waals surface area contributed by atoms with Gasteiger partial charge >= 0.3 is 6.03 Å². The van der Waals surface area contributed by atoms with Crippen LogP contribution >= 0.6 is 23.2 Å². The number of likely N-dealkylation sites (N-methyl/N-ethyl adjacent to an activating group) is 1. The number of piperazine rings is 1. The van der Waals surface area contributed by atoms with E-state index in [1.807, 2.05) is 4.90 Å². The fourth-order valence-electron chi connectivity index (χ4n) is 2.74.